The molecule has 2 aromatic rings. The van der Waals surface area contributed by atoms with E-state index in [4.69, 9.17) is 4.74 Å². The third-order valence-electron chi connectivity index (χ3n) is 2.21. The van der Waals surface area contributed by atoms with Crippen molar-refractivity contribution in [3.8, 4) is 0 Å². The van der Waals surface area contributed by atoms with Crippen LogP contribution in [0.25, 0.3) is 0 Å². The Morgan fingerprint density at radius 3 is 1.87 bits per heavy atom. The summed E-state index contributed by atoms with van der Waals surface area (Å²) >= 11 is 0. The number of aromatic nitrogens is 2. The first-order valence-corrected chi connectivity index (χ1v) is 4.74. The minimum atomic E-state index is -0.0904. The third-order valence-corrected chi connectivity index (χ3v) is 2.21. The van der Waals surface area contributed by atoms with Crippen LogP contribution in [-0.4, -0.2) is 17.1 Å². The normalized spacial score (nSPS) is 10.5. The second kappa shape index (κ2) is 4.66. The summed E-state index contributed by atoms with van der Waals surface area (Å²) in [5.74, 6) is 0. The summed E-state index contributed by atoms with van der Waals surface area (Å²) in [5.41, 5.74) is 2.07. The molecular formula is C12H12N2O. The second-order valence-electron chi connectivity index (χ2n) is 3.19. The van der Waals surface area contributed by atoms with Gasteiger partial charge in [0.1, 0.15) is 6.10 Å². The molecule has 2 heterocycles. The zero-order valence-electron chi connectivity index (χ0n) is 8.50. The number of hydrogen-bond acceptors (Lipinski definition) is 3. The van der Waals surface area contributed by atoms with Gasteiger partial charge in [0, 0.05) is 43.0 Å². The van der Waals surface area contributed by atoms with Gasteiger partial charge in [-0.15, -0.1) is 0 Å². The standard InChI is InChI=1S/C12H12N2O/c1-15-12(10-4-2-6-13-8-10)11-5-3-7-14-9-11/h2-9,12H,1H3. The molecule has 0 aliphatic rings. The molecule has 0 spiro atoms. The Kier molecular flexibility index (Phi) is 3.05. The summed E-state index contributed by atoms with van der Waals surface area (Å²) in [6.45, 7) is 0. The highest BCUT2D eigenvalue weighted by atomic mass is 16.5. The molecule has 0 atom stereocenters. The van der Waals surface area contributed by atoms with Crippen molar-refractivity contribution in [2.24, 2.45) is 0 Å². The third kappa shape index (κ3) is 2.19. The molecule has 0 aromatic carbocycles. The Hall–Kier alpha value is -1.74. The Balaban J connectivity index is 2.34. The van der Waals surface area contributed by atoms with Gasteiger partial charge in [0.15, 0.2) is 0 Å². The maximum absolute atomic E-state index is 5.44. The number of nitrogens with zero attached hydrogens (tertiary/aromatic N) is 2. The second-order valence-corrected chi connectivity index (χ2v) is 3.19. The molecule has 0 saturated carbocycles. The van der Waals surface area contributed by atoms with Crippen LogP contribution in [0, 0.1) is 0 Å². The Bertz CT molecular complexity index is 363. The van der Waals surface area contributed by atoms with Crippen molar-refractivity contribution in [2.75, 3.05) is 7.11 Å². The van der Waals surface area contributed by atoms with Gasteiger partial charge < -0.3 is 4.74 Å². The van der Waals surface area contributed by atoms with Gasteiger partial charge in [0.25, 0.3) is 0 Å². The van der Waals surface area contributed by atoms with Crippen LogP contribution in [0.4, 0.5) is 0 Å². The van der Waals surface area contributed by atoms with E-state index in [0.29, 0.717) is 0 Å². The molecule has 76 valence electrons. The molecular weight excluding hydrogens is 188 g/mol. The minimum absolute atomic E-state index is 0.0904. The van der Waals surface area contributed by atoms with E-state index in [1.54, 1.807) is 31.9 Å². The first-order valence-electron chi connectivity index (χ1n) is 4.74. The molecule has 0 bridgehead atoms. The fraction of sp³-hybridized carbons (Fsp3) is 0.167. The van der Waals surface area contributed by atoms with Crippen molar-refractivity contribution < 1.29 is 4.74 Å². The first kappa shape index (κ1) is 9.80. The number of pyridine rings is 2. The van der Waals surface area contributed by atoms with E-state index >= 15 is 0 Å². The topological polar surface area (TPSA) is 35.0 Å². The van der Waals surface area contributed by atoms with Crippen molar-refractivity contribution in [3.05, 3.63) is 60.2 Å². The summed E-state index contributed by atoms with van der Waals surface area (Å²) < 4.78 is 5.44. The molecule has 3 nitrogen and oxygen atoms in total. The Morgan fingerprint density at radius 2 is 1.53 bits per heavy atom. The molecule has 0 amide bonds. The van der Waals surface area contributed by atoms with Gasteiger partial charge in [-0.1, -0.05) is 12.1 Å². The van der Waals surface area contributed by atoms with Gasteiger partial charge in [-0.25, -0.2) is 0 Å². The van der Waals surface area contributed by atoms with E-state index in [2.05, 4.69) is 9.97 Å². The van der Waals surface area contributed by atoms with Crippen LogP contribution in [0.2, 0.25) is 0 Å². The highest BCUT2D eigenvalue weighted by Crippen LogP contribution is 2.23. The highest BCUT2D eigenvalue weighted by molar-refractivity contribution is 5.25. The highest BCUT2D eigenvalue weighted by Gasteiger charge is 2.12. The maximum Gasteiger partial charge on any atom is 0.110 e. The van der Waals surface area contributed by atoms with E-state index < -0.39 is 0 Å². The predicted molar refractivity (Wildman–Crippen MR) is 57.3 cm³/mol. The van der Waals surface area contributed by atoms with Crippen molar-refractivity contribution in [1.82, 2.24) is 9.97 Å². The summed E-state index contributed by atoms with van der Waals surface area (Å²) in [6.07, 6.45) is 7.02. The molecule has 0 fully saturated rings. The van der Waals surface area contributed by atoms with Gasteiger partial charge in [0.05, 0.1) is 0 Å². The molecule has 0 saturated heterocycles. The Morgan fingerprint density at radius 1 is 1.00 bits per heavy atom. The molecule has 15 heavy (non-hydrogen) atoms. The minimum Gasteiger partial charge on any atom is -0.372 e. The summed E-state index contributed by atoms with van der Waals surface area (Å²) in [4.78, 5) is 8.16. The van der Waals surface area contributed by atoms with Crippen LogP contribution >= 0.6 is 0 Å². The largest absolute Gasteiger partial charge is 0.372 e. The molecule has 0 aliphatic carbocycles. The molecule has 0 unspecified atom stereocenters. The molecule has 3 heteroatoms. The maximum atomic E-state index is 5.44. The quantitative estimate of drug-likeness (QED) is 0.762. The van der Waals surface area contributed by atoms with E-state index in [1.807, 2.05) is 24.3 Å². The monoisotopic (exact) mass is 200 g/mol. The summed E-state index contributed by atoms with van der Waals surface area (Å²) in [7, 11) is 1.69. The lowest BCUT2D eigenvalue weighted by Gasteiger charge is -2.14. The molecule has 0 N–H and O–H groups in total. The molecule has 2 rings (SSSR count). The fourth-order valence-electron chi connectivity index (χ4n) is 1.53. The van der Waals surface area contributed by atoms with Gasteiger partial charge in [0.2, 0.25) is 0 Å². The summed E-state index contributed by atoms with van der Waals surface area (Å²) in [5, 5.41) is 0. The van der Waals surface area contributed by atoms with Crippen LogP contribution in [0.5, 0.6) is 0 Å². The lowest BCUT2D eigenvalue weighted by atomic mass is 10.1. The van der Waals surface area contributed by atoms with Crippen molar-refractivity contribution in [1.29, 1.82) is 0 Å². The first-order chi connectivity index (χ1) is 7.42. The lowest BCUT2D eigenvalue weighted by molar-refractivity contribution is 0.136. The van der Waals surface area contributed by atoms with Crippen LogP contribution in [0.1, 0.15) is 17.2 Å². The van der Waals surface area contributed by atoms with Gasteiger partial charge >= 0.3 is 0 Å². The smallest absolute Gasteiger partial charge is 0.110 e. The van der Waals surface area contributed by atoms with Crippen LogP contribution in [0.15, 0.2) is 49.1 Å². The number of methoxy groups -OCH3 is 1. The van der Waals surface area contributed by atoms with E-state index in [9.17, 15) is 0 Å². The number of rotatable bonds is 3. The number of ether oxygens (including phenoxy) is 1. The van der Waals surface area contributed by atoms with E-state index in [0.717, 1.165) is 11.1 Å². The van der Waals surface area contributed by atoms with Crippen molar-refractivity contribution in [3.63, 3.8) is 0 Å². The zero-order chi connectivity index (χ0) is 10.5. The van der Waals surface area contributed by atoms with Gasteiger partial charge in [-0.05, 0) is 12.1 Å². The Labute approximate surface area is 88.8 Å². The molecule has 2 aromatic heterocycles. The fourth-order valence-corrected chi connectivity index (χ4v) is 1.53. The predicted octanol–water partition coefficient (Wildman–Crippen LogP) is 2.21. The van der Waals surface area contributed by atoms with Crippen LogP contribution in [0.3, 0.4) is 0 Å². The molecule has 0 radical (unpaired) electrons. The van der Waals surface area contributed by atoms with Crippen molar-refractivity contribution in [2.45, 2.75) is 6.10 Å². The average molecular weight is 200 g/mol. The van der Waals surface area contributed by atoms with Crippen LogP contribution < -0.4 is 0 Å². The lowest BCUT2D eigenvalue weighted by Crippen LogP contribution is -2.03. The molecule has 0 aliphatic heterocycles. The van der Waals surface area contributed by atoms with Gasteiger partial charge in [-0.3, -0.25) is 9.97 Å². The SMILES string of the molecule is COC(c1cccnc1)c1cccnc1. The zero-order valence-corrected chi connectivity index (χ0v) is 8.50. The average Bonchev–Trinajstić information content (AvgIpc) is 2.33. The van der Waals surface area contributed by atoms with Crippen molar-refractivity contribution >= 4 is 0 Å². The van der Waals surface area contributed by atoms with E-state index in [-0.39, 0.29) is 6.10 Å². The van der Waals surface area contributed by atoms with Crippen LogP contribution in [-0.2, 0) is 4.74 Å². The number of hydrogen-bond donors (Lipinski definition) is 0. The summed E-state index contributed by atoms with van der Waals surface area (Å²) in [6, 6.07) is 7.79. The van der Waals surface area contributed by atoms with Gasteiger partial charge in [-0.2, -0.15) is 0 Å². The van der Waals surface area contributed by atoms with E-state index in [1.165, 1.54) is 0 Å².